The number of aldehydes is 1. The predicted molar refractivity (Wildman–Crippen MR) is 97.6 cm³/mol. The molecule has 2 aromatic carbocycles. The van der Waals surface area contributed by atoms with Crippen LogP contribution in [0.3, 0.4) is 0 Å². The van der Waals surface area contributed by atoms with Gasteiger partial charge in [0.15, 0.2) is 23.9 Å². The first-order valence-corrected chi connectivity index (χ1v) is 8.54. The van der Waals surface area contributed by atoms with Crippen molar-refractivity contribution in [2.75, 3.05) is 19.9 Å². The summed E-state index contributed by atoms with van der Waals surface area (Å²) in [5.74, 6) is 0.896. The summed E-state index contributed by atoms with van der Waals surface area (Å²) in [7, 11) is 0. The van der Waals surface area contributed by atoms with Gasteiger partial charge >= 0.3 is 5.69 Å². The fraction of sp³-hybridized carbons (Fsp3) is 0.263. The molecule has 28 heavy (non-hydrogen) atoms. The van der Waals surface area contributed by atoms with Crippen LogP contribution in [0.5, 0.6) is 17.2 Å². The molecule has 0 atom stereocenters. The van der Waals surface area contributed by atoms with Crippen LogP contribution in [0.1, 0.15) is 22.8 Å². The highest BCUT2D eigenvalue weighted by Gasteiger charge is 2.20. The Morgan fingerprint density at radius 2 is 2.04 bits per heavy atom. The van der Waals surface area contributed by atoms with E-state index in [0.29, 0.717) is 30.9 Å². The zero-order valence-electron chi connectivity index (χ0n) is 15.1. The van der Waals surface area contributed by atoms with Gasteiger partial charge in [-0.3, -0.25) is 19.7 Å². The number of nitro benzene ring substituents is 1. The average Bonchev–Trinajstić information content (AvgIpc) is 3.17. The van der Waals surface area contributed by atoms with E-state index < -0.39 is 4.92 Å². The minimum absolute atomic E-state index is 0.0666. The molecular weight excluding hydrogens is 368 g/mol. The Kier molecular flexibility index (Phi) is 5.73. The molecule has 0 aromatic heterocycles. The molecule has 1 aliphatic heterocycles. The number of amides is 1. The Hall–Kier alpha value is -3.62. The molecule has 0 saturated carbocycles. The molecule has 0 saturated heterocycles. The summed E-state index contributed by atoms with van der Waals surface area (Å²) in [6, 6.07) is 9.24. The van der Waals surface area contributed by atoms with Crippen molar-refractivity contribution in [1.29, 1.82) is 0 Å². The van der Waals surface area contributed by atoms with E-state index >= 15 is 0 Å². The number of likely N-dealkylation sites (N-methyl/N-ethyl adjacent to an activating group) is 1. The Morgan fingerprint density at radius 1 is 1.25 bits per heavy atom. The molecule has 1 heterocycles. The third kappa shape index (κ3) is 4.20. The first-order chi connectivity index (χ1) is 13.5. The second-order valence-electron chi connectivity index (χ2n) is 5.99. The number of fused-ring (bicyclic) bond motifs is 1. The van der Waals surface area contributed by atoms with Crippen LogP contribution in [-0.4, -0.2) is 42.0 Å². The van der Waals surface area contributed by atoms with Gasteiger partial charge in [0.05, 0.1) is 4.92 Å². The first kappa shape index (κ1) is 19.2. The molecule has 0 aliphatic carbocycles. The molecule has 1 aliphatic rings. The lowest BCUT2D eigenvalue weighted by Gasteiger charge is -2.21. The van der Waals surface area contributed by atoms with Crippen molar-refractivity contribution in [3.8, 4) is 17.2 Å². The smallest absolute Gasteiger partial charge is 0.311 e. The molecule has 0 radical (unpaired) electrons. The van der Waals surface area contributed by atoms with Crippen LogP contribution < -0.4 is 14.2 Å². The molecule has 9 nitrogen and oxygen atoms in total. The van der Waals surface area contributed by atoms with E-state index in [-0.39, 0.29) is 36.3 Å². The molecule has 0 spiro atoms. The summed E-state index contributed by atoms with van der Waals surface area (Å²) in [6.07, 6.45) is 0.506. The zero-order chi connectivity index (χ0) is 20.1. The van der Waals surface area contributed by atoms with Gasteiger partial charge in [0, 0.05) is 24.7 Å². The van der Waals surface area contributed by atoms with Crippen molar-refractivity contribution < 1.29 is 28.7 Å². The van der Waals surface area contributed by atoms with E-state index in [1.165, 1.54) is 12.1 Å². The molecule has 9 heteroatoms. The highest BCUT2D eigenvalue weighted by Crippen LogP contribution is 2.33. The lowest BCUT2D eigenvalue weighted by atomic mass is 10.2. The van der Waals surface area contributed by atoms with Gasteiger partial charge in [-0.2, -0.15) is 0 Å². The topological polar surface area (TPSA) is 108 Å². The minimum atomic E-state index is -0.656. The van der Waals surface area contributed by atoms with E-state index in [9.17, 15) is 19.7 Å². The summed E-state index contributed by atoms with van der Waals surface area (Å²) in [6.45, 7) is 2.40. The highest BCUT2D eigenvalue weighted by atomic mass is 16.7. The molecule has 146 valence electrons. The van der Waals surface area contributed by atoms with Gasteiger partial charge in [0.1, 0.15) is 6.29 Å². The van der Waals surface area contributed by atoms with Gasteiger partial charge in [0.2, 0.25) is 6.79 Å². The van der Waals surface area contributed by atoms with Gasteiger partial charge in [-0.15, -0.1) is 0 Å². The van der Waals surface area contributed by atoms with Crippen molar-refractivity contribution >= 4 is 17.9 Å². The zero-order valence-corrected chi connectivity index (χ0v) is 15.1. The van der Waals surface area contributed by atoms with Crippen molar-refractivity contribution in [2.45, 2.75) is 13.5 Å². The summed E-state index contributed by atoms with van der Waals surface area (Å²) in [5.41, 5.74) is 0.653. The number of hydrogen-bond acceptors (Lipinski definition) is 7. The number of rotatable bonds is 8. The summed E-state index contributed by atoms with van der Waals surface area (Å²) >= 11 is 0. The predicted octanol–water partition coefficient (Wildman–Crippen LogP) is 2.56. The van der Waals surface area contributed by atoms with Gasteiger partial charge < -0.3 is 19.1 Å². The number of ether oxygens (including phenoxy) is 3. The second kappa shape index (κ2) is 8.38. The molecule has 1 amide bonds. The molecule has 0 fully saturated rings. The Morgan fingerprint density at radius 3 is 2.75 bits per heavy atom. The van der Waals surface area contributed by atoms with Crippen molar-refractivity contribution in [3.63, 3.8) is 0 Å². The molecule has 3 rings (SSSR count). The van der Waals surface area contributed by atoms with Crippen LogP contribution in [0.25, 0.3) is 0 Å². The number of carbonyl (C=O) groups is 2. The normalized spacial score (nSPS) is 11.8. The van der Waals surface area contributed by atoms with Gasteiger partial charge in [0.25, 0.3) is 5.91 Å². The Balaban J connectivity index is 1.66. The fourth-order valence-electron chi connectivity index (χ4n) is 2.74. The van der Waals surface area contributed by atoms with E-state index in [2.05, 4.69) is 0 Å². The molecule has 0 unspecified atom stereocenters. The summed E-state index contributed by atoms with van der Waals surface area (Å²) in [4.78, 5) is 35.4. The number of nitro groups is 1. The lowest BCUT2D eigenvalue weighted by molar-refractivity contribution is -0.385. The van der Waals surface area contributed by atoms with Crippen LogP contribution in [-0.2, 0) is 11.3 Å². The van der Waals surface area contributed by atoms with Gasteiger partial charge in [-0.05, 0) is 36.8 Å². The third-order valence-corrected chi connectivity index (χ3v) is 4.21. The maximum absolute atomic E-state index is 12.5. The number of carbonyl (C=O) groups excluding carboxylic acids is 2. The summed E-state index contributed by atoms with van der Waals surface area (Å²) < 4.78 is 16.0. The maximum atomic E-state index is 12.5. The van der Waals surface area contributed by atoms with Crippen LogP contribution in [0.2, 0.25) is 0 Å². The standard InChI is InChI=1S/C19H18N2O7/c1-2-20(9-13-3-6-17-18(8-13)28-12-27-17)19(23)11-26-16-5-4-14(10-22)7-15(16)21(24)25/h3-8,10H,2,9,11-12H2,1H3. The van der Waals surface area contributed by atoms with E-state index in [1.54, 1.807) is 11.0 Å². The van der Waals surface area contributed by atoms with Crippen molar-refractivity contribution in [2.24, 2.45) is 0 Å². The molecular formula is C19H18N2O7. The average molecular weight is 386 g/mol. The van der Waals surface area contributed by atoms with Gasteiger partial charge in [-0.1, -0.05) is 6.07 Å². The van der Waals surface area contributed by atoms with Gasteiger partial charge in [-0.25, -0.2) is 0 Å². The second-order valence-corrected chi connectivity index (χ2v) is 5.99. The molecule has 0 bridgehead atoms. The molecule has 2 aromatic rings. The maximum Gasteiger partial charge on any atom is 0.311 e. The van der Waals surface area contributed by atoms with E-state index in [0.717, 1.165) is 11.6 Å². The molecule has 0 N–H and O–H groups in total. The monoisotopic (exact) mass is 386 g/mol. The van der Waals surface area contributed by atoms with Crippen LogP contribution >= 0.6 is 0 Å². The highest BCUT2D eigenvalue weighted by molar-refractivity contribution is 5.79. The SMILES string of the molecule is CCN(Cc1ccc2c(c1)OCO2)C(=O)COc1ccc(C=O)cc1[N+](=O)[O-]. The van der Waals surface area contributed by atoms with Crippen molar-refractivity contribution in [3.05, 3.63) is 57.6 Å². The van der Waals surface area contributed by atoms with Crippen molar-refractivity contribution in [1.82, 2.24) is 4.90 Å². The quantitative estimate of drug-likeness (QED) is 0.390. The number of nitrogens with zero attached hydrogens (tertiary/aromatic N) is 2. The lowest BCUT2D eigenvalue weighted by Crippen LogP contribution is -2.34. The Bertz CT molecular complexity index is 913. The van der Waals surface area contributed by atoms with E-state index in [4.69, 9.17) is 14.2 Å². The third-order valence-electron chi connectivity index (χ3n) is 4.21. The van der Waals surface area contributed by atoms with Crippen LogP contribution in [0.4, 0.5) is 5.69 Å². The van der Waals surface area contributed by atoms with E-state index in [1.807, 2.05) is 19.1 Å². The summed E-state index contributed by atoms with van der Waals surface area (Å²) in [5, 5.41) is 11.2. The number of benzene rings is 2. The largest absolute Gasteiger partial charge is 0.477 e. The minimum Gasteiger partial charge on any atom is -0.477 e. The first-order valence-electron chi connectivity index (χ1n) is 8.54. The van der Waals surface area contributed by atoms with Crippen LogP contribution in [0.15, 0.2) is 36.4 Å². The fourth-order valence-corrected chi connectivity index (χ4v) is 2.74. The number of hydrogen-bond donors (Lipinski definition) is 0. The Labute approximate surface area is 160 Å². The van der Waals surface area contributed by atoms with Crippen LogP contribution in [0, 0.1) is 10.1 Å².